The number of aliphatic carboxylic acids is 1. The van der Waals surface area contributed by atoms with Crippen molar-refractivity contribution in [1.82, 2.24) is 15.1 Å². The molecule has 29 heavy (non-hydrogen) atoms. The molecule has 2 atom stereocenters. The number of carbonyl (C=O) groups is 2. The predicted molar refractivity (Wildman–Crippen MR) is 118 cm³/mol. The van der Waals surface area contributed by atoms with Crippen LogP contribution in [-0.4, -0.2) is 65.0 Å². The summed E-state index contributed by atoms with van der Waals surface area (Å²) in [6, 6.07) is 10.3. The van der Waals surface area contributed by atoms with E-state index in [1.807, 2.05) is 36.9 Å². The first kappa shape index (κ1) is 25.4. The smallest absolute Gasteiger partial charge is 0.317 e. The summed E-state index contributed by atoms with van der Waals surface area (Å²) in [6.45, 7) is 8.57. The van der Waals surface area contributed by atoms with Crippen LogP contribution in [0.2, 0.25) is 0 Å². The van der Waals surface area contributed by atoms with Gasteiger partial charge in [-0.05, 0) is 38.3 Å². The number of hydrogen-bond donors (Lipinski definition) is 2. The van der Waals surface area contributed by atoms with Gasteiger partial charge in [-0.2, -0.15) is 0 Å². The fourth-order valence-electron chi connectivity index (χ4n) is 4.07. The van der Waals surface area contributed by atoms with Gasteiger partial charge in [-0.3, -0.25) is 19.4 Å². The van der Waals surface area contributed by atoms with Gasteiger partial charge in [0.25, 0.3) is 0 Å². The van der Waals surface area contributed by atoms with Gasteiger partial charge in [0, 0.05) is 19.1 Å². The van der Waals surface area contributed by atoms with Crippen molar-refractivity contribution >= 4 is 24.3 Å². The third-order valence-electron chi connectivity index (χ3n) is 5.78. The second-order valence-corrected chi connectivity index (χ2v) is 7.66. The highest BCUT2D eigenvalue weighted by atomic mass is 35.5. The van der Waals surface area contributed by atoms with Crippen molar-refractivity contribution in [3.8, 4) is 0 Å². The molecular formula is C22H36ClN3O3. The molecule has 164 valence electrons. The number of carbonyl (C=O) groups excluding carboxylic acids is 1. The molecule has 2 N–H and O–H groups in total. The standard InChI is InChI=1S/C22H35N3O3.ClH/c1-4-9-20(18-10-7-6-8-11-18)23-22(28)17(3)25-14-12-19(13-15-25)24(5-2)16-21(26)27;/h6-8,10-11,17,19-20H,4-5,9,12-16H2,1-3H3,(H,23,28)(H,26,27);1H. The molecule has 2 unspecified atom stereocenters. The molecule has 1 aromatic rings. The first-order valence-electron chi connectivity index (χ1n) is 10.5. The number of carboxylic acids is 1. The summed E-state index contributed by atoms with van der Waals surface area (Å²) in [7, 11) is 0. The Hall–Kier alpha value is -1.63. The van der Waals surface area contributed by atoms with Gasteiger partial charge in [-0.1, -0.05) is 50.6 Å². The first-order chi connectivity index (χ1) is 13.5. The molecule has 1 aliphatic heterocycles. The second-order valence-electron chi connectivity index (χ2n) is 7.66. The van der Waals surface area contributed by atoms with Crippen molar-refractivity contribution in [2.75, 3.05) is 26.2 Å². The van der Waals surface area contributed by atoms with Crippen LogP contribution >= 0.6 is 12.4 Å². The van der Waals surface area contributed by atoms with E-state index in [2.05, 4.69) is 29.3 Å². The highest BCUT2D eigenvalue weighted by Gasteiger charge is 2.30. The van der Waals surface area contributed by atoms with Gasteiger partial charge in [-0.25, -0.2) is 0 Å². The number of rotatable bonds is 10. The van der Waals surface area contributed by atoms with Crippen molar-refractivity contribution < 1.29 is 14.7 Å². The molecule has 0 spiro atoms. The van der Waals surface area contributed by atoms with E-state index in [4.69, 9.17) is 5.11 Å². The number of halogens is 1. The van der Waals surface area contributed by atoms with Crippen molar-refractivity contribution in [3.05, 3.63) is 35.9 Å². The van der Waals surface area contributed by atoms with Crippen molar-refractivity contribution in [1.29, 1.82) is 0 Å². The van der Waals surface area contributed by atoms with E-state index in [0.717, 1.165) is 50.9 Å². The Morgan fingerprint density at radius 3 is 2.34 bits per heavy atom. The maximum atomic E-state index is 12.9. The Labute approximate surface area is 181 Å². The van der Waals surface area contributed by atoms with Crippen molar-refractivity contribution in [3.63, 3.8) is 0 Å². The lowest BCUT2D eigenvalue weighted by atomic mass is 10.00. The van der Waals surface area contributed by atoms with Gasteiger partial charge in [0.05, 0.1) is 18.6 Å². The van der Waals surface area contributed by atoms with Crippen LogP contribution in [0, 0.1) is 0 Å². The Balaban J connectivity index is 0.00000420. The van der Waals surface area contributed by atoms with Crippen LogP contribution in [0.25, 0.3) is 0 Å². The van der Waals surface area contributed by atoms with E-state index in [1.54, 1.807) is 0 Å². The van der Waals surface area contributed by atoms with Crippen molar-refractivity contribution in [2.24, 2.45) is 0 Å². The van der Waals surface area contributed by atoms with Gasteiger partial charge in [-0.15, -0.1) is 12.4 Å². The van der Waals surface area contributed by atoms with E-state index in [0.29, 0.717) is 0 Å². The fraction of sp³-hybridized carbons (Fsp3) is 0.636. The van der Waals surface area contributed by atoms with Crippen LogP contribution in [0.3, 0.4) is 0 Å². The molecule has 0 radical (unpaired) electrons. The van der Waals surface area contributed by atoms with Crippen molar-refractivity contribution in [2.45, 2.75) is 64.6 Å². The fourth-order valence-corrected chi connectivity index (χ4v) is 4.07. The normalized spacial score (nSPS) is 17.4. The number of hydrogen-bond acceptors (Lipinski definition) is 4. The number of amides is 1. The van der Waals surface area contributed by atoms with E-state index < -0.39 is 5.97 Å². The summed E-state index contributed by atoms with van der Waals surface area (Å²) < 4.78 is 0. The summed E-state index contributed by atoms with van der Waals surface area (Å²) in [5, 5.41) is 12.3. The Morgan fingerprint density at radius 2 is 1.83 bits per heavy atom. The SMILES string of the molecule is CCCC(NC(=O)C(C)N1CCC(N(CC)CC(=O)O)CC1)c1ccccc1.Cl. The van der Waals surface area contributed by atoms with Gasteiger partial charge < -0.3 is 10.4 Å². The number of piperidine rings is 1. The zero-order valence-corrected chi connectivity index (χ0v) is 18.7. The van der Waals surface area contributed by atoms with E-state index >= 15 is 0 Å². The molecule has 7 heteroatoms. The van der Waals surface area contributed by atoms with Crippen LogP contribution in [0.4, 0.5) is 0 Å². The molecule has 0 bridgehead atoms. The zero-order chi connectivity index (χ0) is 20.5. The van der Waals surface area contributed by atoms with Crippen LogP contribution in [0.5, 0.6) is 0 Å². The summed E-state index contributed by atoms with van der Waals surface area (Å²) >= 11 is 0. The van der Waals surface area contributed by atoms with Crippen LogP contribution in [0.15, 0.2) is 30.3 Å². The van der Waals surface area contributed by atoms with Gasteiger partial charge >= 0.3 is 5.97 Å². The molecular weight excluding hydrogens is 390 g/mol. The minimum absolute atomic E-state index is 0. The Morgan fingerprint density at radius 1 is 1.21 bits per heavy atom. The lowest BCUT2D eigenvalue weighted by molar-refractivity contribution is -0.139. The van der Waals surface area contributed by atoms with Crippen LogP contribution < -0.4 is 5.32 Å². The molecule has 6 nitrogen and oxygen atoms in total. The molecule has 0 saturated carbocycles. The van der Waals surface area contributed by atoms with Gasteiger partial charge in [0.2, 0.25) is 5.91 Å². The minimum Gasteiger partial charge on any atom is -0.480 e. The van der Waals surface area contributed by atoms with Gasteiger partial charge in [0.1, 0.15) is 0 Å². The molecule has 1 saturated heterocycles. The van der Waals surface area contributed by atoms with E-state index in [1.165, 1.54) is 0 Å². The molecule has 1 amide bonds. The molecule has 2 rings (SSSR count). The number of likely N-dealkylation sites (N-methyl/N-ethyl adjacent to an activating group) is 1. The van der Waals surface area contributed by atoms with Crippen LogP contribution in [0.1, 0.15) is 58.1 Å². The number of likely N-dealkylation sites (tertiary alicyclic amines) is 1. The number of nitrogens with zero attached hydrogens (tertiary/aromatic N) is 2. The number of benzene rings is 1. The minimum atomic E-state index is -0.778. The molecule has 1 aliphatic rings. The highest BCUT2D eigenvalue weighted by Crippen LogP contribution is 2.21. The monoisotopic (exact) mass is 425 g/mol. The number of nitrogens with one attached hydrogen (secondary N) is 1. The topological polar surface area (TPSA) is 72.9 Å². The quantitative estimate of drug-likeness (QED) is 0.601. The molecule has 0 aromatic heterocycles. The van der Waals surface area contributed by atoms with Gasteiger partial charge in [0.15, 0.2) is 0 Å². The maximum Gasteiger partial charge on any atom is 0.317 e. The summed E-state index contributed by atoms with van der Waals surface area (Å²) in [5.41, 5.74) is 1.15. The molecule has 1 heterocycles. The average molecular weight is 426 g/mol. The molecule has 1 aromatic carbocycles. The Bertz CT molecular complexity index is 621. The lowest BCUT2D eigenvalue weighted by Crippen LogP contribution is -2.52. The summed E-state index contributed by atoms with van der Waals surface area (Å²) in [4.78, 5) is 28.2. The third-order valence-corrected chi connectivity index (χ3v) is 5.78. The second kappa shape index (κ2) is 12.8. The lowest BCUT2D eigenvalue weighted by Gasteiger charge is -2.39. The molecule has 0 aliphatic carbocycles. The summed E-state index contributed by atoms with van der Waals surface area (Å²) in [5.74, 6) is -0.710. The predicted octanol–water partition coefficient (Wildman–Crippen LogP) is 3.33. The van der Waals surface area contributed by atoms with E-state index in [9.17, 15) is 9.59 Å². The van der Waals surface area contributed by atoms with E-state index in [-0.39, 0.29) is 43.0 Å². The first-order valence-corrected chi connectivity index (χ1v) is 10.5. The highest BCUT2D eigenvalue weighted by molar-refractivity contribution is 5.85. The summed E-state index contributed by atoms with van der Waals surface area (Å²) in [6.07, 6.45) is 3.73. The zero-order valence-electron chi connectivity index (χ0n) is 17.8. The average Bonchev–Trinajstić information content (AvgIpc) is 2.71. The third kappa shape index (κ3) is 7.61. The largest absolute Gasteiger partial charge is 0.480 e. The van der Waals surface area contributed by atoms with Crippen LogP contribution in [-0.2, 0) is 9.59 Å². The molecule has 1 fully saturated rings. The number of carboxylic acid groups (broad SMARTS) is 1. The Kier molecular flexibility index (Phi) is 11.2. The maximum absolute atomic E-state index is 12.9.